The van der Waals surface area contributed by atoms with Crippen LogP contribution in [0.1, 0.15) is 226 Å². The van der Waals surface area contributed by atoms with Gasteiger partial charge in [-0.15, -0.1) is 0 Å². The van der Waals surface area contributed by atoms with Gasteiger partial charge in [0.15, 0.2) is 6.10 Å². The number of unbranched alkanes of at least 4 members (excludes halogenated alkanes) is 13. The monoisotopic (exact) mass is 1000 g/mol. The lowest BCUT2D eigenvalue weighted by atomic mass is 10.1. The third-order valence-electron chi connectivity index (χ3n) is 11.5. The first-order valence-electron chi connectivity index (χ1n) is 29.0. The Balaban J connectivity index is 4.53. The van der Waals surface area contributed by atoms with E-state index in [9.17, 15) is 14.4 Å². The fraction of sp³-hybridized carbons (Fsp3) is 0.567. The number of hydrogen-bond acceptors (Lipinski definition) is 6. The van der Waals surface area contributed by atoms with Crippen molar-refractivity contribution in [3.8, 4) is 0 Å². The number of rotatable bonds is 50. The number of allylic oxidation sites excluding steroid dienone is 26. The summed E-state index contributed by atoms with van der Waals surface area (Å²) in [5.41, 5.74) is 0. The highest BCUT2D eigenvalue weighted by atomic mass is 16.6. The van der Waals surface area contributed by atoms with Crippen LogP contribution in [0, 0.1) is 0 Å². The lowest BCUT2D eigenvalue weighted by molar-refractivity contribution is -0.166. The Morgan fingerprint density at radius 3 is 0.890 bits per heavy atom. The Morgan fingerprint density at radius 2 is 0.562 bits per heavy atom. The molecule has 0 rings (SSSR count). The summed E-state index contributed by atoms with van der Waals surface area (Å²) >= 11 is 0. The fourth-order valence-corrected chi connectivity index (χ4v) is 7.27. The number of carbonyl (C=O) groups excluding carboxylic acids is 3. The molecule has 0 aliphatic heterocycles. The molecule has 1 unspecified atom stereocenters. The van der Waals surface area contributed by atoms with Crippen molar-refractivity contribution in [2.75, 3.05) is 13.2 Å². The van der Waals surface area contributed by atoms with Crippen molar-refractivity contribution in [2.45, 2.75) is 232 Å². The van der Waals surface area contributed by atoms with E-state index in [0.717, 1.165) is 128 Å². The van der Waals surface area contributed by atoms with Crippen LogP contribution < -0.4 is 0 Å². The Labute approximate surface area is 448 Å². The predicted octanol–water partition coefficient (Wildman–Crippen LogP) is 19.8. The molecule has 0 bridgehead atoms. The van der Waals surface area contributed by atoms with Gasteiger partial charge >= 0.3 is 17.9 Å². The molecule has 73 heavy (non-hydrogen) atoms. The summed E-state index contributed by atoms with van der Waals surface area (Å²) in [4.78, 5) is 38.1. The molecular weight excluding hydrogens is 901 g/mol. The van der Waals surface area contributed by atoms with E-state index in [2.05, 4.69) is 167 Å². The average Bonchev–Trinajstić information content (AvgIpc) is 3.39. The van der Waals surface area contributed by atoms with Gasteiger partial charge in [-0.2, -0.15) is 0 Å². The van der Waals surface area contributed by atoms with Crippen LogP contribution in [-0.4, -0.2) is 37.2 Å². The summed E-state index contributed by atoms with van der Waals surface area (Å²) in [6.07, 6.45) is 86.8. The van der Waals surface area contributed by atoms with E-state index in [-0.39, 0.29) is 31.6 Å². The van der Waals surface area contributed by atoms with Crippen LogP contribution in [0.2, 0.25) is 0 Å². The Hall–Kier alpha value is -4.97. The maximum atomic E-state index is 12.8. The van der Waals surface area contributed by atoms with Crippen molar-refractivity contribution in [1.82, 2.24) is 0 Å². The highest BCUT2D eigenvalue weighted by Crippen LogP contribution is 2.13. The number of esters is 3. The predicted molar refractivity (Wildman–Crippen MR) is 315 cm³/mol. The summed E-state index contributed by atoms with van der Waals surface area (Å²) < 4.78 is 16.7. The first kappa shape index (κ1) is 68.0. The first-order chi connectivity index (χ1) is 36.0. The summed E-state index contributed by atoms with van der Waals surface area (Å²) in [6, 6.07) is 0. The minimum Gasteiger partial charge on any atom is -0.462 e. The second-order valence-electron chi connectivity index (χ2n) is 18.4. The van der Waals surface area contributed by atoms with Crippen LogP contribution in [0.3, 0.4) is 0 Å². The average molecular weight is 1010 g/mol. The molecule has 6 nitrogen and oxygen atoms in total. The zero-order valence-corrected chi connectivity index (χ0v) is 46.6. The third-order valence-corrected chi connectivity index (χ3v) is 11.5. The molecule has 6 heteroatoms. The van der Waals surface area contributed by atoms with E-state index in [1.807, 2.05) is 12.2 Å². The second kappa shape index (κ2) is 59.6. The zero-order chi connectivity index (χ0) is 52.9. The summed E-state index contributed by atoms with van der Waals surface area (Å²) in [7, 11) is 0. The Bertz CT molecular complexity index is 1670. The molecule has 0 aliphatic rings. The maximum Gasteiger partial charge on any atom is 0.306 e. The third kappa shape index (κ3) is 57.8. The molecule has 0 heterocycles. The van der Waals surface area contributed by atoms with Gasteiger partial charge in [-0.25, -0.2) is 0 Å². The van der Waals surface area contributed by atoms with Gasteiger partial charge in [0.25, 0.3) is 0 Å². The van der Waals surface area contributed by atoms with Gasteiger partial charge in [0.2, 0.25) is 0 Å². The topological polar surface area (TPSA) is 78.9 Å². The molecule has 0 fully saturated rings. The van der Waals surface area contributed by atoms with Crippen LogP contribution in [0.4, 0.5) is 0 Å². The van der Waals surface area contributed by atoms with E-state index in [0.29, 0.717) is 19.3 Å². The number of ether oxygens (including phenoxy) is 3. The van der Waals surface area contributed by atoms with E-state index < -0.39 is 12.1 Å². The van der Waals surface area contributed by atoms with Gasteiger partial charge in [0.05, 0.1) is 0 Å². The highest BCUT2D eigenvalue weighted by molar-refractivity contribution is 5.71. The quantitative estimate of drug-likeness (QED) is 0.0261. The Kier molecular flexibility index (Phi) is 55.5. The molecule has 0 saturated heterocycles. The Morgan fingerprint density at radius 1 is 0.288 bits per heavy atom. The first-order valence-corrected chi connectivity index (χ1v) is 29.0. The maximum absolute atomic E-state index is 12.8. The molecule has 1 atom stereocenters. The van der Waals surface area contributed by atoms with E-state index in [1.165, 1.54) is 51.4 Å². The smallest absolute Gasteiger partial charge is 0.306 e. The van der Waals surface area contributed by atoms with Crippen molar-refractivity contribution < 1.29 is 28.6 Å². The van der Waals surface area contributed by atoms with Crippen molar-refractivity contribution >= 4 is 17.9 Å². The minimum absolute atomic E-state index is 0.124. The molecule has 408 valence electrons. The minimum atomic E-state index is -0.839. The number of carbonyl (C=O) groups is 3. The molecule has 0 amide bonds. The van der Waals surface area contributed by atoms with Gasteiger partial charge in [0.1, 0.15) is 13.2 Å². The molecule has 0 aromatic carbocycles. The molecule has 0 saturated carbocycles. The van der Waals surface area contributed by atoms with Crippen molar-refractivity contribution in [1.29, 1.82) is 0 Å². The largest absolute Gasteiger partial charge is 0.462 e. The summed E-state index contributed by atoms with van der Waals surface area (Å²) in [6.45, 7) is 6.30. The van der Waals surface area contributed by atoms with Crippen molar-refractivity contribution in [3.05, 3.63) is 158 Å². The van der Waals surface area contributed by atoms with Crippen LogP contribution in [0.25, 0.3) is 0 Å². The normalized spacial score (nSPS) is 13.3. The van der Waals surface area contributed by atoms with Crippen molar-refractivity contribution in [2.24, 2.45) is 0 Å². The summed E-state index contributed by atoms with van der Waals surface area (Å²) in [5, 5.41) is 0. The van der Waals surface area contributed by atoms with Gasteiger partial charge in [-0.3, -0.25) is 14.4 Å². The fourth-order valence-electron chi connectivity index (χ4n) is 7.27. The molecule has 0 spiro atoms. The molecular formula is C67H104O6. The molecule has 0 radical (unpaired) electrons. The highest BCUT2D eigenvalue weighted by Gasteiger charge is 2.19. The number of hydrogen-bond donors (Lipinski definition) is 0. The van der Waals surface area contributed by atoms with Gasteiger partial charge in [-0.05, 0) is 116 Å². The van der Waals surface area contributed by atoms with Gasteiger partial charge in [0, 0.05) is 19.3 Å². The van der Waals surface area contributed by atoms with Crippen molar-refractivity contribution in [3.63, 3.8) is 0 Å². The zero-order valence-electron chi connectivity index (χ0n) is 46.6. The standard InChI is InChI=1S/C67H104O6/c1-4-7-10-13-16-19-22-24-26-28-30-31-32-33-34-35-37-38-40-42-45-48-51-54-57-60-66(69)72-63-64(62-71-65(68)59-56-53-50-47-44-21-18-15-12-9-6-3)73-67(70)61-58-55-52-49-46-43-41-39-36-29-27-25-23-20-17-14-11-8-5-2/h7-8,10-11,16-17,19-20,24-27,30-31,33-34,36-39,42-43,45-46,52,55,64H,4-6,9,12-15,18,21-23,28-29,32,35,40-41,44,47-51,53-54,56-63H2,1-3H3/b10-7-,11-8-,19-16-,20-17-,26-24-,27-25-,31-30-,34-33-,38-37-,39-36-,45-42-,46-43-,55-52-. The molecule has 0 aromatic heterocycles. The molecule has 0 aromatic rings. The van der Waals surface area contributed by atoms with Crippen LogP contribution in [-0.2, 0) is 28.6 Å². The lowest BCUT2D eigenvalue weighted by Crippen LogP contribution is -2.30. The SMILES string of the molecule is CC/C=C\C/C=C\C/C=C\C/C=C\C/C=C\C/C=C\C/C=C\CCCCCC(=O)OCC(COC(=O)CCCCCCCCCCCCC)OC(=O)CC/C=C\C/C=C\C/C=C\C/C=C\C/C=C\C/C=C\CC. The second-order valence-corrected chi connectivity index (χ2v) is 18.4. The van der Waals surface area contributed by atoms with Gasteiger partial charge in [-0.1, -0.05) is 249 Å². The van der Waals surface area contributed by atoms with E-state index in [1.54, 1.807) is 0 Å². The van der Waals surface area contributed by atoms with E-state index in [4.69, 9.17) is 14.2 Å². The molecule has 0 aliphatic carbocycles. The summed E-state index contributed by atoms with van der Waals surface area (Å²) in [5.74, 6) is -1.05. The van der Waals surface area contributed by atoms with Crippen LogP contribution in [0.5, 0.6) is 0 Å². The molecule has 0 N–H and O–H groups in total. The lowest BCUT2D eigenvalue weighted by Gasteiger charge is -2.18. The van der Waals surface area contributed by atoms with Crippen LogP contribution >= 0.6 is 0 Å². The van der Waals surface area contributed by atoms with E-state index >= 15 is 0 Å². The van der Waals surface area contributed by atoms with Crippen LogP contribution in [0.15, 0.2) is 158 Å². The van der Waals surface area contributed by atoms with Gasteiger partial charge < -0.3 is 14.2 Å².